The Kier molecular flexibility index (Phi) is 12.5. The van der Waals surface area contributed by atoms with E-state index in [0.29, 0.717) is 51.1 Å². The molecule has 2 aromatic rings. The molecule has 7 rings (SSSR count). The monoisotopic (exact) mass is 790 g/mol. The molecule has 1 unspecified atom stereocenters. The molecule has 300 valence electrons. The molecular weight excluding hydrogens is 731 g/mol. The van der Waals surface area contributed by atoms with Crippen LogP contribution < -0.4 is 10.6 Å². The quantitative estimate of drug-likeness (QED) is 0.294. The van der Waals surface area contributed by atoms with Crippen molar-refractivity contribution in [2.24, 2.45) is 39.7 Å². The lowest BCUT2D eigenvalue weighted by Crippen LogP contribution is -2.63. The van der Waals surface area contributed by atoms with Crippen molar-refractivity contribution >= 4 is 59.5 Å². The fourth-order valence-corrected chi connectivity index (χ4v) is 10.9. The second-order valence-corrected chi connectivity index (χ2v) is 17.3. The molecule has 3 saturated carbocycles. The smallest absolute Gasteiger partial charge is 0.320 e. The van der Waals surface area contributed by atoms with E-state index in [1.165, 1.54) is 0 Å². The summed E-state index contributed by atoms with van der Waals surface area (Å²) in [7, 11) is 0. The molecule has 2 aliphatic heterocycles. The van der Waals surface area contributed by atoms with Gasteiger partial charge in [0.05, 0.1) is 19.0 Å². The Balaban J connectivity index is 0.00000280. The van der Waals surface area contributed by atoms with E-state index >= 15 is 0 Å². The molecule has 5 aliphatic rings. The van der Waals surface area contributed by atoms with Gasteiger partial charge in [0.1, 0.15) is 18.2 Å². The zero-order chi connectivity index (χ0) is 37.2. The first kappa shape index (κ1) is 42.3. The lowest BCUT2D eigenvalue weighted by Gasteiger charge is -2.61. The molecule has 3 aliphatic carbocycles. The fourth-order valence-electron chi connectivity index (χ4n) is 10.9. The normalized spacial score (nSPS) is 36.8. The van der Waals surface area contributed by atoms with Crippen LogP contribution in [0.4, 0.5) is 5.82 Å². The number of amides is 1. The summed E-state index contributed by atoms with van der Waals surface area (Å²) in [6.07, 6.45) is 8.61. The van der Waals surface area contributed by atoms with Crippen LogP contribution in [-0.2, 0) is 25.7 Å². The van der Waals surface area contributed by atoms with E-state index in [1.807, 2.05) is 29.4 Å². The number of piperazine rings is 1. The minimum atomic E-state index is -0.698. The maximum absolute atomic E-state index is 13.9. The van der Waals surface area contributed by atoms with E-state index in [2.05, 4.69) is 52.1 Å². The van der Waals surface area contributed by atoms with Crippen molar-refractivity contribution in [2.75, 3.05) is 44.2 Å². The first-order chi connectivity index (χ1) is 24.7. The molecule has 54 heavy (non-hydrogen) atoms. The van der Waals surface area contributed by atoms with Crippen LogP contribution in [0, 0.1) is 34.0 Å². The molecule has 10 atom stereocenters. The molecule has 2 saturated heterocycles. The fraction of sp³-hybridized carbons (Fsp3) is 0.744. The number of fused-ring (bicyclic) bond motifs is 1. The van der Waals surface area contributed by atoms with Gasteiger partial charge in [-0.1, -0.05) is 33.8 Å². The number of aryl methyl sites for hydroxylation is 1. The molecule has 4 heterocycles. The summed E-state index contributed by atoms with van der Waals surface area (Å²) in [5.41, 5.74) is 6.01. The van der Waals surface area contributed by atoms with Crippen molar-refractivity contribution in [3.05, 3.63) is 25.3 Å². The average molecular weight is 792 g/mol. The molecule has 0 radical (unpaired) electrons. The number of Topliss-reactive ketones (excluding diaryl/α,β-unsaturated/α-hetero) is 1. The molecule has 1 amide bonds. The number of imidazole rings is 1. The molecule has 5 fully saturated rings. The molecule has 3 N–H and O–H groups in total. The lowest BCUT2D eigenvalue weighted by atomic mass is 9.44. The van der Waals surface area contributed by atoms with Crippen molar-refractivity contribution in [3.8, 4) is 0 Å². The Morgan fingerprint density at radius 3 is 2.52 bits per heavy atom. The Labute approximate surface area is 331 Å². The topological polar surface area (TPSA) is 160 Å². The van der Waals surface area contributed by atoms with Crippen LogP contribution in [0.25, 0.3) is 11.2 Å². The summed E-state index contributed by atoms with van der Waals surface area (Å²) < 4.78 is 8.42. The summed E-state index contributed by atoms with van der Waals surface area (Å²) in [4.78, 5) is 60.7. The van der Waals surface area contributed by atoms with Crippen LogP contribution in [0.3, 0.4) is 0 Å². The number of aliphatic hydroxyl groups excluding tert-OH is 1. The summed E-state index contributed by atoms with van der Waals surface area (Å²) in [5.74, 6) is 0.595. The number of aliphatic hydroxyl groups is 1. The first-order valence-corrected chi connectivity index (χ1v) is 19.4. The number of halogens is 2. The molecule has 15 heteroatoms. The Bertz CT molecular complexity index is 1730. The molecule has 0 spiro atoms. The van der Waals surface area contributed by atoms with Crippen LogP contribution in [0.15, 0.2) is 25.3 Å². The Morgan fingerprint density at radius 1 is 1.07 bits per heavy atom. The van der Waals surface area contributed by atoms with E-state index in [0.717, 1.165) is 50.1 Å². The zero-order valence-electron chi connectivity index (χ0n) is 32.5. The number of rotatable bonds is 8. The third-order valence-electron chi connectivity index (χ3n) is 14.5. The van der Waals surface area contributed by atoms with E-state index in [9.17, 15) is 19.5 Å². The van der Waals surface area contributed by atoms with Crippen molar-refractivity contribution in [1.82, 2.24) is 29.3 Å². The number of nitrogens with zero attached hydrogens (tertiary/aromatic N) is 7. The highest BCUT2D eigenvalue weighted by atomic mass is 35.5. The molecule has 0 aromatic carbocycles. The summed E-state index contributed by atoms with van der Waals surface area (Å²) in [6.45, 7) is 18.4. The highest BCUT2D eigenvalue weighted by Gasteiger charge is 2.68. The van der Waals surface area contributed by atoms with E-state index in [4.69, 9.17) is 10.5 Å². The van der Waals surface area contributed by atoms with Crippen LogP contribution in [-0.4, -0.2) is 116 Å². The second kappa shape index (κ2) is 16.0. The van der Waals surface area contributed by atoms with E-state index in [-0.39, 0.29) is 84.3 Å². The number of carbonyl (C=O) groups excluding carboxylic acids is 3. The summed E-state index contributed by atoms with van der Waals surface area (Å²) in [5, 5.41) is 11.8. The molecule has 2 aromatic heterocycles. The third-order valence-corrected chi connectivity index (χ3v) is 14.5. The van der Waals surface area contributed by atoms with Gasteiger partial charge in [-0.25, -0.2) is 15.0 Å². The average Bonchev–Trinajstić information content (AvgIpc) is 3.85. The standard InChI is InChI=1S/C39H58N8O5.2ClH/c1-7-37(5)18-29(38(6)24(2)8-12-39(26(4)34(37)51)13-9-28(48)33(38)39)52-31(50)21-44-16-17-45(19-25(44)3)30(49)11-15-47-23-43-32-35(41-22-42-36(32)47)46-14-10-27(40)20-46;;/h7,22-27,29,33-34,51H,1,8-21,40H2,2-6H3;2*1H/t24-,25-,26+,27?,29-,33-,34+,37-,38+,39+;;/m1../s1. The maximum atomic E-state index is 13.9. The molecule has 2 bridgehead atoms. The number of anilines is 1. The van der Waals surface area contributed by atoms with Crippen molar-refractivity contribution in [1.29, 1.82) is 0 Å². The first-order valence-electron chi connectivity index (χ1n) is 19.4. The minimum Gasteiger partial charge on any atom is -0.461 e. The summed E-state index contributed by atoms with van der Waals surface area (Å²) >= 11 is 0. The SMILES string of the molecule is C=C[C@]1(C)C[C@@H](OC(=O)CN2CCN(C(=O)CCn3cnc4c(N5CCC(N)C5)ncnc43)C[C@H]2C)[C@]2(C)[C@H](C)CC[C@]3(CCC(=O)[C@@H]32)[C@@H](C)[C@@H]1O.Cl.Cl. The summed E-state index contributed by atoms with van der Waals surface area (Å²) in [6, 6.07) is 0.0728. The van der Waals surface area contributed by atoms with E-state index in [1.54, 1.807) is 12.7 Å². The number of ether oxygens (including phenoxy) is 1. The molecular formula is C39H60Cl2N8O5. The number of hydrogen-bond donors (Lipinski definition) is 2. The van der Waals surface area contributed by atoms with Crippen molar-refractivity contribution in [2.45, 2.75) is 110 Å². The highest BCUT2D eigenvalue weighted by molar-refractivity contribution is 5.86. The Morgan fingerprint density at radius 2 is 1.83 bits per heavy atom. The van der Waals surface area contributed by atoms with E-state index < -0.39 is 23.0 Å². The van der Waals surface area contributed by atoms with Crippen LogP contribution in [0.5, 0.6) is 0 Å². The van der Waals surface area contributed by atoms with Crippen LogP contribution >= 0.6 is 24.8 Å². The van der Waals surface area contributed by atoms with Crippen molar-refractivity contribution in [3.63, 3.8) is 0 Å². The predicted molar refractivity (Wildman–Crippen MR) is 211 cm³/mol. The van der Waals surface area contributed by atoms with Gasteiger partial charge in [-0.15, -0.1) is 31.4 Å². The van der Waals surface area contributed by atoms with Gasteiger partial charge >= 0.3 is 5.97 Å². The number of hydrogen-bond acceptors (Lipinski definition) is 11. The maximum Gasteiger partial charge on any atom is 0.320 e. The number of aromatic nitrogens is 4. The largest absolute Gasteiger partial charge is 0.461 e. The third kappa shape index (κ3) is 7.05. The molecule has 13 nitrogen and oxygen atoms in total. The van der Waals surface area contributed by atoms with Gasteiger partial charge in [0.15, 0.2) is 17.0 Å². The Hall–Kier alpha value is -2.84. The number of ketones is 1. The van der Waals surface area contributed by atoms with Gasteiger partial charge < -0.3 is 29.9 Å². The van der Waals surface area contributed by atoms with Gasteiger partial charge in [0.2, 0.25) is 5.91 Å². The lowest BCUT2D eigenvalue weighted by molar-refractivity contribution is -0.207. The van der Waals surface area contributed by atoms with Crippen LogP contribution in [0.2, 0.25) is 0 Å². The predicted octanol–water partition coefficient (Wildman–Crippen LogP) is 4.04. The van der Waals surface area contributed by atoms with Gasteiger partial charge in [0.25, 0.3) is 0 Å². The van der Waals surface area contributed by atoms with Gasteiger partial charge in [-0.3, -0.25) is 19.3 Å². The van der Waals surface area contributed by atoms with Gasteiger partial charge in [-0.2, -0.15) is 0 Å². The minimum absolute atomic E-state index is 0. The second-order valence-electron chi connectivity index (χ2n) is 17.3. The number of nitrogens with two attached hydrogens (primary N) is 1. The zero-order valence-corrected chi connectivity index (χ0v) is 34.1. The number of carbonyl (C=O) groups is 3. The number of esters is 1. The van der Waals surface area contributed by atoms with Crippen LogP contribution in [0.1, 0.15) is 79.6 Å². The van der Waals surface area contributed by atoms with Gasteiger partial charge in [0, 0.05) is 80.9 Å². The highest BCUT2D eigenvalue weighted by Crippen LogP contribution is 2.68. The van der Waals surface area contributed by atoms with Gasteiger partial charge in [-0.05, 0) is 56.3 Å². The van der Waals surface area contributed by atoms with Crippen molar-refractivity contribution < 1.29 is 24.2 Å².